The van der Waals surface area contributed by atoms with Gasteiger partial charge in [-0.1, -0.05) is 0 Å². The zero-order chi connectivity index (χ0) is 14.9. The fraction of sp³-hybridized carbons (Fsp3) is 0.533. The van der Waals surface area contributed by atoms with Crippen LogP contribution in [0, 0.1) is 13.8 Å². The summed E-state index contributed by atoms with van der Waals surface area (Å²) < 4.78 is 7.36. The normalized spacial score (nSPS) is 16.1. The Morgan fingerprint density at radius 3 is 2.65 bits per heavy atom. The highest BCUT2D eigenvalue weighted by atomic mass is 16.4. The molecule has 2 aromatic rings. The second kappa shape index (κ2) is 5.42. The van der Waals surface area contributed by atoms with Crippen molar-refractivity contribution in [3.05, 3.63) is 41.1 Å². The van der Waals surface area contributed by atoms with Gasteiger partial charge in [0.2, 0.25) is 0 Å². The number of hydrogen-bond acceptors (Lipinski definition) is 4. The maximum Gasteiger partial charge on any atom is 0.136 e. The van der Waals surface area contributed by atoms with Crippen LogP contribution in [0.3, 0.4) is 0 Å². The van der Waals surface area contributed by atoms with Crippen molar-refractivity contribution < 1.29 is 9.52 Å². The second-order valence-corrected chi connectivity index (χ2v) is 5.60. The van der Waals surface area contributed by atoms with E-state index < -0.39 is 5.60 Å². The lowest BCUT2D eigenvalue weighted by Gasteiger charge is -2.24. The van der Waals surface area contributed by atoms with Crippen LogP contribution in [0.15, 0.2) is 22.7 Å². The van der Waals surface area contributed by atoms with Crippen molar-refractivity contribution in [3.8, 4) is 0 Å². The maximum absolute atomic E-state index is 10.5. The van der Waals surface area contributed by atoms with Gasteiger partial charge in [-0.3, -0.25) is 4.68 Å². The van der Waals surface area contributed by atoms with Gasteiger partial charge in [0.1, 0.15) is 17.1 Å². The van der Waals surface area contributed by atoms with Gasteiger partial charge in [0, 0.05) is 30.9 Å². The first-order valence-corrected chi connectivity index (χ1v) is 6.82. The third kappa shape index (κ3) is 2.94. The number of nitrogens with zero attached hydrogens (tertiary/aromatic N) is 2. The molecule has 2 unspecified atom stereocenters. The van der Waals surface area contributed by atoms with Crippen molar-refractivity contribution in [2.75, 3.05) is 6.54 Å². The molecule has 20 heavy (non-hydrogen) atoms. The van der Waals surface area contributed by atoms with Gasteiger partial charge in [0.05, 0.1) is 6.20 Å². The molecule has 0 fully saturated rings. The average Bonchev–Trinajstić information content (AvgIpc) is 2.95. The summed E-state index contributed by atoms with van der Waals surface area (Å²) in [5.41, 5.74) is 1.23. The Bertz CT molecular complexity index is 584. The van der Waals surface area contributed by atoms with Crippen molar-refractivity contribution in [2.45, 2.75) is 39.3 Å². The zero-order valence-corrected chi connectivity index (χ0v) is 12.8. The summed E-state index contributed by atoms with van der Waals surface area (Å²) in [5.74, 6) is 1.38. The maximum atomic E-state index is 10.5. The summed E-state index contributed by atoms with van der Waals surface area (Å²) in [6.45, 7) is 8.13. The molecule has 0 radical (unpaired) electrons. The van der Waals surface area contributed by atoms with E-state index >= 15 is 0 Å². The molecule has 5 heteroatoms. The second-order valence-electron chi connectivity index (χ2n) is 5.60. The molecule has 2 heterocycles. The summed E-state index contributed by atoms with van der Waals surface area (Å²) in [5, 5.41) is 18.1. The van der Waals surface area contributed by atoms with Crippen LogP contribution in [0.2, 0.25) is 0 Å². The first-order chi connectivity index (χ1) is 9.31. The van der Waals surface area contributed by atoms with Gasteiger partial charge in [-0.25, -0.2) is 0 Å². The van der Waals surface area contributed by atoms with Gasteiger partial charge in [-0.05, 0) is 39.8 Å². The number of nitrogens with one attached hydrogen (secondary N) is 1. The van der Waals surface area contributed by atoms with E-state index in [1.165, 1.54) is 0 Å². The number of aromatic nitrogens is 2. The van der Waals surface area contributed by atoms with Crippen molar-refractivity contribution in [1.29, 1.82) is 0 Å². The van der Waals surface area contributed by atoms with E-state index in [4.69, 9.17) is 4.42 Å². The quantitative estimate of drug-likeness (QED) is 0.879. The van der Waals surface area contributed by atoms with E-state index in [0.717, 1.165) is 17.0 Å². The highest BCUT2D eigenvalue weighted by Crippen LogP contribution is 2.24. The minimum absolute atomic E-state index is 0.117. The molecule has 2 aromatic heterocycles. The molecule has 0 aliphatic heterocycles. The molecule has 0 saturated heterocycles. The van der Waals surface area contributed by atoms with Crippen LogP contribution in [-0.4, -0.2) is 21.4 Å². The molecule has 2 N–H and O–H groups in total. The zero-order valence-electron chi connectivity index (χ0n) is 12.8. The lowest BCUT2D eigenvalue weighted by molar-refractivity contribution is 0.0312. The minimum atomic E-state index is -1.03. The number of hydrogen-bond donors (Lipinski definition) is 2. The Balaban J connectivity index is 2.02. The van der Waals surface area contributed by atoms with Crippen LogP contribution in [0.4, 0.5) is 0 Å². The topological polar surface area (TPSA) is 63.2 Å². The van der Waals surface area contributed by atoms with E-state index in [0.29, 0.717) is 12.3 Å². The van der Waals surface area contributed by atoms with Gasteiger partial charge < -0.3 is 14.8 Å². The SMILES string of the molecule is Cc1ccc(C(C)(O)CNC(C)c2cnn(C)c2C)o1. The fourth-order valence-electron chi connectivity index (χ4n) is 2.21. The predicted molar refractivity (Wildman–Crippen MR) is 77.4 cm³/mol. The van der Waals surface area contributed by atoms with Crippen LogP contribution >= 0.6 is 0 Å². The lowest BCUT2D eigenvalue weighted by Crippen LogP contribution is -2.36. The van der Waals surface area contributed by atoms with Crippen molar-refractivity contribution in [2.24, 2.45) is 7.05 Å². The molecule has 2 atom stereocenters. The van der Waals surface area contributed by atoms with Crippen LogP contribution in [0.5, 0.6) is 0 Å². The highest BCUT2D eigenvalue weighted by molar-refractivity contribution is 5.20. The Morgan fingerprint density at radius 1 is 1.45 bits per heavy atom. The Kier molecular flexibility index (Phi) is 4.01. The molecular formula is C15H23N3O2. The van der Waals surface area contributed by atoms with E-state index in [9.17, 15) is 5.11 Å². The van der Waals surface area contributed by atoms with Crippen LogP contribution in [-0.2, 0) is 12.6 Å². The summed E-state index contributed by atoms with van der Waals surface area (Å²) >= 11 is 0. The van der Waals surface area contributed by atoms with E-state index in [1.54, 1.807) is 6.92 Å². The molecular weight excluding hydrogens is 254 g/mol. The first kappa shape index (κ1) is 14.8. The molecule has 5 nitrogen and oxygen atoms in total. The van der Waals surface area contributed by atoms with E-state index in [-0.39, 0.29) is 6.04 Å². The smallest absolute Gasteiger partial charge is 0.136 e. The highest BCUT2D eigenvalue weighted by Gasteiger charge is 2.27. The number of aliphatic hydroxyl groups is 1. The van der Waals surface area contributed by atoms with Crippen LogP contribution in [0.1, 0.15) is 42.7 Å². The molecule has 0 saturated carbocycles. The average molecular weight is 277 g/mol. The van der Waals surface area contributed by atoms with E-state index in [2.05, 4.69) is 17.3 Å². The van der Waals surface area contributed by atoms with Gasteiger partial charge in [0.25, 0.3) is 0 Å². The van der Waals surface area contributed by atoms with Crippen molar-refractivity contribution in [3.63, 3.8) is 0 Å². The Hall–Kier alpha value is -1.59. The molecule has 110 valence electrons. The Morgan fingerprint density at radius 2 is 2.15 bits per heavy atom. The van der Waals surface area contributed by atoms with Crippen molar-refractivity contribution >= 4 is 0 Å². The van der Waals surface area contributed by atoms with Gasteiger partial charge in [-0.15, -0.1) is 0 Å². The summed E-state index contributed by atoms with van der Waals surface area (Å²) in [6, 6.07) is 3.79. The summed E-state index contributed by atoms with van der Waals surface area (Å²) in [4.78, 5) is 0. The Labute approximate surface area is 119 Å². The summed E-state index contributed by atoms with van der Waals surface area (Å²) in [6.07, 6.45) is 1.86. The van der Waals surface area contributed by atoms with Gasteiger partial charge in [0.15, 0.2) is 0 Å². The fourth-order valence-corrected chi connectivity index (χ4v) is 2.21. The minimum Gasteiger partial charge on any atom is -0.463 e. The molecule has 0 bridgehead atoms. The number of furan rings is 1. The number of aryl methyl sites for hydroxylation is 2. The number of rotatable bonds is 5. The van der Waals surface area contributed by atoms with Crippen molar-refractivity contribution in [1.82, 2.24) is 15.1 Å². The van der Waals surface area contributed by atoms with Gasteiger partial charge >= 0.3 is 0 Å². The molecule has 0 aromatic carbocycles. The monoisotopic (exact) mass is 277 g/mol. The standard InChI is InChI=1S/C15H23N3O2/c1-10-6-7-14(20-10)15(4,19)9-16-11(2)13-8-17-18(5)12(13)3/h6-8,11,16,19H,9H2,1-5H3. The third-order valence-electron chi connectivity index (χ3n) is 3.76. The van der Waals surface area contributed by atoms with E-state index in [1.807, 2.05) is 43.9 Å². The largest absolute Gasteiger partial charge is 0.463 e. The molecule has 0 spiro atoms. The van der Waals surface area contributed by atoms with Crippen LogP contribution in [0.25, 0.3) is 0 Å². The summed E-state index contributed by atoms with van der Waals surface area (Å²) in [7, 11) is 1.92. The third-order valence-corrected chi connectivity index (χ3v) is 3.76. The molecule has 0 aliphatic rings. The first-order valence-electron chi connectivity index (χ1n) is 6.82. The van der Waals surface area contributed by atoms with Gasteiger partial charge in [-0.2, -0.15) is 5.10 Å². The molecule has 0 amide bonds. The predicted octanol–water partition coefficient (Wildman–Crippen LogP) is 2.19. The van der Waals surface area contributed by atoms with Crippen LogP contribution < -0.4 is 5.32 Å². The molecule has 2 rings (SSSR count). The molecule has 0 aliphatic carbocycles. The lowest BCUT2D eigenvalue weighted by atomic mass is 10.0.